The Kier molecular flexibility index (Phi) is 6.45. The molecule has 0 saturated carbocycles. The molecule has 0 aromatic heterocycles. The molecule has 3 aromatic carbocycles. The topological polar surface area (TPSA) is 40.6 Å². The van der Waals surface area contributed by atoms with Crippen molar-refractivity contribution in [1.82, 2.24) is 4.90 Å². The molecule has 0 spiro atoms. The Hall–Kier alpha value is -3.66. The van der Waals surface area contributed by atoms with Gasteiger partial charge in [0, 0.05) is 13.1 Å². The van der Waals surface area contributed by atoms with Crippen LogP contribution in [0.3, 0.4) is 0 Å². The Morgan fingerprint density at radius 3 is 2.09 bits per heavy atom. The van der Waals surface area contributed by atoms with Crippen LogP contribution in [0, 0.1) is 13.8 Å². The number of hydrogen-bond acceptors (Lipinski definition) is 3. The van der Waals surface area contributed by atoms with Gasteiger partial charge in [0.15, 0.2) is 0 Å². The lowest BCUT2D eigenvalue weighted by Gasteiger charge is -2.25. The number of carbonyl (C=O) groups excluding carboxylic acids is 2. The normalized spacial score (nSPS) is 13.8. The summed E-state index contributed by atoms with van der Waals surface area (Å²) < 4.78 is 0. The first-order valence-electron chi connectivity index (χ1n) is 11.5. The molecule has 168 valence electrons. The molecule has 4 heteroatoms. The Morgan fingerprint density at radius 2 is 1.48 bits per heavy atom. The molecule has 0 atom stereocenters. The number of anilines is 1. The Balaban J connectivity index is 1.84. The third-order valence-corrected chi connectivity index (χ3v) is 6.23. The van der Waals surface area contributed by atoms with E-state index < -0.39 is 0 Å². The highest BCUT2D eigenvalue weighted by Gasteiger charge is 2.42. The van der Waals surface area contributed by atoms with Gasteiger partial charge in [-0.3, -0.25) is 9.59 Å². The Bertz CT molecular complexity index is 1210. The van der Waals surface area contributed by atoms with Crippen molar-refractivity contribution in [3.05, 3.63) is 106 Å². The third kappa shape index (κ3) is 4.34. The van der Waals surface area contributed by atoms with E-state index in [1.807, 2.05) is 92.4 Å². The zero-order valence-electron chi connectivity index (χ0n) is 19.8. The maximum atomic E-state index is 13.8. The third-order valence-electron chi connectivity index (χ3n) is 6.23. The van der Waals surface area contributed by atoms with Crippen LogP contribution < -0.4 is 4.90 Å². The van der Waals surface area contributed by atoms with Crippen molar-refractivity contribution in [1.29, 1.82) is 0 Å². The fourth-order valence-corrected chi connectivity index (χ4v) is 4.42. The maximum Gasteiger partial charge on any atom is 0.282 e. The molecule has 4 nitrogen and oxygen atoms in total. The second-order valence-corrected chi connectivity index (χ2v) is 8.51. The second-order valence-electron chi connectivity index (χ2n) is 8.51. The van der Waals surface area contributed by atoms with Gasteiger partial charge in [0.2, 0.25) is 0 Å². The van der Waals surface area contributed by atoms with E-state index in [-0.39, 0.29) is 11.8 Å². The van der Waals surface area contributed by atoms with Gasteiger partial charge < -0.3 is 4.90 Å². The number of aryl methyl sites for hydroxylation is 3. The van der Waals surface area contributed by atoms with Crippen molar-refractivity contribution in [3.63, 3.8) is 0 Å². The molecule has 1 heterocycles. The van der Waals surface area contributed by atoms with Crippen molar-refractivity contribution in [2.24, 2.45) is 0 Å². The molecule has 4 rings (SSSR count). The number of nitrogens with zero attached hydrogens (tertiary/aromatic N) is 2. The van der Waals surface area contributed by atoms with Crippen LogP contribution in [0.1, 0.15) is 41.7 Å². The van der Waals surface area contributed by atoms with E-state index in [0.717, 1.165) is 28.7 Å². The lowest BCUT2D eigenvalue weighted by Crippen LogP contribution is -2.35. The fourth-order valence-electron chi connectivity index (χ4n) is 4.42. The minimum Gasteiger partial charge on any atom is -0.362 e. The van der Waals surface area contributed by atoms with Crippen LogP contribution in [0.5, 0.6) is 0 Å². The predicted octanol–water partition coefficient (Wildman–Crippen LogP) is 5.67. The van der Waals surface area contributed by atoms with Gasteiger partial charge in [-0.25, -0.2) is 4.90 Å². The lowest BCUT2D eigenvalue weighted by atomic mass is 9.97. The summed E-state index contributed by atoms with van der Waals surface area (Å²) in [6.45, 7) is 9.30. The van der Waals surface area contributed by atoms with Crippen LogP contribution in [-0.2, 0) is 22.6 Å². The zero-order valence-corrected chi connectivity index (χ0v) is 19.8. The highest BCUT2D eigenvalue weighted by Crippen LogP contribution is 2.36. The number of amides is 2. The van der Waals surface area contributed by atoms with Gasteiger partial charge in [-0.15, -0.1) is 0 Å². The van der Waals surface area contributed by atoms with Crippen molar-refractivity contribution < 1.29 is 9.59 Å². The highest BCUT2D eigenvalue weighted by atomic mass is 16.2. The van der Waals surface area contributed by atoms with Gasteiger partial charge in [-0.2, -0.15) is 0 Å². The summed E-state index contributed by atoms with van der Waals surface area (Å²) in [6.07, 6.45) is 0.903. The van der Waals surface area contributed by atoms with E-state index in [2.05, 4.69) is 13.0 Å². The summed E-state index contributed by atoms with van der Waals surface area (Å²) >= 11 is 0. The molecule has 33 heavy (non-hydrogen) atoms. The van der Waals surface area contributed by atoms with Crippen LogP contribution in [0.25, 0.3) is 5.57 Å². The molecule has 1 aliphatic rings. The number of rotatable bonds is 7. The number of carbonyl (C=O) groups is 2. The first kappa shape index (κ1) is 22.5. The summed E-state index contributed by atoms with van der Waals surface area (Å²) in [5, 5.41) is 0. The molecule has 0 saturated heterocycles. The Morgan fingerprint density at radius 1 is 0.788 bits per heavy atom. The number of hydrogen-bond donors (Lipinski definition) is 0. The summed E-state index contributed by atoms with van der Waals surface area (Å²) in [6, 6.07) is 23.8. The Labute approximate surface area is 196 Å². The quantitative estimate of drug-likeness (QED) is 0.446. The maximum absolute atomic E-state index is 13.8. The molecule has 1 aliphatic heterocycles. The van der Waals surface area contributed by atoms with Crippen LogP contribution in [-0.4, -0.2) is 23.3 Å². The predicted molar refractivity (Wildman–Crippen MR) is 134 cm³/mol. The molecule has 0 radical (unpaired) electrons. The smallest absolute Gasteiger partial charge is 0.282 e. The summed E-state index contributed by atoms with van der Waals surface area (Å²) in [5.41, 5.74) is 6.75. The van der Waals surface area contributed by atoms with E-state index in [1.165, 1.54) is 10.5 Å². The second kappa shape index (κ2) is 9.45. The van der Waals surface area contributed by atoms with Crippen molar-refractivity contribution in [2.45, 2.75) is 40.7 Å². The van der Waals surface area contributed by atoms with Gasteiger partial charge >= 0.3 is 0 Å². The molecular formula is C29H30N2O2. The van der Waals surface area contributed by atoms with Crippen molar-refractivity contribution in [2.75, 3.05) is 11.4 Å². The SMILES string of the molecule is CCc1ccc(N2C(=O)C(c3ccc(C)cc3C)=C(N(CC)Cc3ccccc3)C2=O)cc1. The van der Waals surface area contributed by atoms with E-state index in [1.54, 1.807) is 0 Å². The first-order chi connectivity index (χ1) is 15.9. The first-order valence-corrected chi connectivity index (χ1v) is 11.5. The molecule has 0 fully saturated rings. The van der Waals surface area contributed by atoms with E-state index in [4.69, 9.17) is 0 Å². The average Bonchev–Trinajstić information content (AvgIpc) is 3.08. The molecule has 0 N–H and O–H groups in total. The standard InChI is InChI=1S/C29H30N2O2/c1-5-22-13-15-24(16-14-22)31-28(32)26(25-17-12-20(3)18-21(25)4)27(29(31)33)30(6-2)19-23-10-8-7-9-11-23/h7-18H,5-6,19H2,1-4H3. The summed E-state index contributed by atoms with van der Waals surface area (Å²) in [4.78, 5) is 31.0. The average molecular weight is 439 g/mol. The molecule has 0 bridgehead atoms. The monoisotopic (exact) mass is 438 g/mol. The van der Waals surface area contributed by atoms with Gasteiger partial charge in [-0.05, 0) is 61.6 Å². The van der Waals surface area contributed by atoms with Crippen molar-refractivity contribution >= 4 is 23.1 Å². The van der Waals surface area contributed by atoms with Gasteiger partial charge in [0.05, 0.1) is 11.3 Å². The van der Waals surface area contributed by atoms with Gasteiger partial charge in [-0.1, -0.05) is 73.2 Å². The van der Waals surface area contributed by atoms with Crippen LogP contribution in [0.2, 0.25) is 0 Å². The number of likely N-dealkylation sites (N-methyl/N-ethyl adjacent to an activating group) is 1. The lowest BCUT2D eigenvalue weighted by molar-refractivity contribution is -0.120. The zero-order chi connectivity index (χ0) is 23.5. The largest absolute Gasteiger partial charge is 0.362 e. The van der Waals surface area contributed by atoms with Crippen LogP contribution in [0.15, 0.2) is 78.5 Å². The van der Waals surface area contributed by atoms with Gasteiger partial charge in [0.25, 0.3) is 11.8 Å². The van der Waals surface area contributed by atoms with Crippen LogP contribution >= 0.6 is 0 Å². The van der Waals surface area contributed by atoms with Crippen LogP contribution in [0.4, 0.5) is 5.69 Å². The summed E-state index contributed by atoms with van der Waals surface area (Å²) in [7, 11) is 0. The van der Waals surface area contributed by atoms with E-state index in [0.29, 0.717) is 30.0 Å². The molecule has 3 aromatic rings. The molecule has 0 aliphatic carbocycles. The van der Waals surface area contributed by atoms with E-state index >= 15 is 0 Å². The molecule has 2 amide bonds. The molecule has 0 unspecified atom stereocenters. The molecular weight excluding hydrogens is 408 g/mol. The van der Waals surface area contributed by atoms with E-state index in [9.17, 15) is 9.59 Å². The number of benzene rings is 3. The fraction of sp³-hybridized carbons (Fsp3) is 0.241. The highest BCUT2D eigenvalue weighted by molar-refractivity contribution is 6.45. The summed E-state index contributed by atoms with van der Waals surface area (Å²) in [5.74, 6) is -0.533. The minimum atomic E-state index is -0.267. The minimum absolute atomic E-state index is 0.266. The number of imide groups is 1. The van der Waals surface area contributed by atoms with Crippen molar-refractivity contribution in [3.8, 4) is 0 Å². The van der Waals surface area contributed by atoms with Gasteiger partial charge in [0.1, 0.15) is 5.70 Å².